The van der Waals surface area contributed by atoms with Crippen molar-refractivity contribution in [1.29, 1.82) is 0 Å². The minimum Gasteiger partial charge on any atom is -0.295 e. The second-order valence-corrected chi connectivity index (χ2v) is 4.05. The van der Waals surface area contributed by atoms with Crippen LogP contribution in [0, 0.1) is 6.92 Å². The summed E-state index contributed by atoms with van der Waals surface area (Å²) in [6, 6.07) is 8.19. The molecule has 0 fully saturated rings. The van der Waals surface area contributed by atoms with Crippen LogP contribution >= 0.6 is 0 Å². The van der Waals surface area contributed by atoms with E-state index in [0.717, 1.165) is 23.2 Å². The van der Waals surface area contributed by atoms with Gasteiger partial charge < -0.3 is 0 Å². The molecule has 1 aromatic carbocycles. The summed E-state index contributed by atoms with van der Waals surface area (Å²) in [5.74, 6) is 0. The average molecular weight is 216 g/mol. The Hall–Kier alpha value is -1.77. The molecule has 0 spiro atoms. The summed E-state index contributed by atoms with van der Waals surface area (Å²) in [5.41, 5.74) is 4.15. The Morgan fingerprint density at radius 2 is 1.88 bits per heavy atom. The van der Waals surface area contributed by atoms with E-state index in [4.69, 9.17) is 0 Å². The van der Waals surface area contributed by atoms with Gasteiger partial charge in [-0.2, -0.15) is 0 Å². The van der Waals surface area contributed by atoms with Crippen molar-refractivity contribution in [3.63, 3.8) is 0 Å². The predicted octanol–water partition coefficient (Wildman–Crippen LogP) is 2.25. The molecule has 0 amide bonds. The highest BCUT2D eigenvalue weighted by atomic mass is 16.1. The molecule has 0 aliphatic carbocycles. The molecule has 2 rings (SSSR count). The number of aryl methyl sites for hydroxylation is 2. The number of hydrogen-bond donors (Lipinski definition) is 1. The van der Waals surface area contributed by atoms with E-state index in [0.29, 0.717) is 0 Å². The van der Waals surface area contributed by atoms with Crippen molar-refractivity contribution in [1.82, 2.24) is 9.78 Å². The third-order valence-electron chi connectivity index (χ3n) is 2.84. The Kier molecular flexibility index (Phi) is 2.69. The minimum absolute atomic E-state index is 0.0677. The summed E-state index contributed by atoms with van der Waals surface area (Å²) in [6.07, 6.45) is 0.749. The fraction of sp³-hybridized carbons (Fsp3) is 0.308. The fourth-order valence-corrected chi connectivity index (χ4v) is 1.88. The number of rotatable bonds is 2. The zero-order valence-electron chi connectivity index (χ0n) is 9.87. The third-order valence-corrected chi connectivity index (χ3v) is 2.84. The molecule has 3 heteroatoms. The SMILES string of the molecule is CCc1c(-c2ccc(C)cc2)[nH]n(C)c1=O. The van der Waals surface area contributed by atoms with Crippen LogP contribution in [0.5, 0.6) is 0 Å². The van der Waals surface area contributed by atoms with Gasteiger partial charge in [0.1, 0.15) is 0 Å². The van der Waals surface area contributed by atoms with Crippen molar-refractivity contribution in [3.8, 4) is 11.3 Å². The van der Waals surface area contributed by atoms with Crippen molar-refractivity contribution in [2.45, 2.75) is 20.3 Å². The van der Waals surface area contributed by atoms with Crippen LogP contribution in [0.3, 0.4) is 0 Å². The van der Waals surface area contributed by atoms with Crippen molar-refractivity contribution < 1.29 is 0 Å². The van der Waals surface area contributed by atoms with Crippen molar-refractivity contribution in [3.05, 3.63) is 45.7 Å². The number of aromatic nitrogens is 2. The lowest BCUT2D eigenvalue weighted by atomic mass is 10.1. The molecule has 1 heterocycles. The van der Waals surface area contributed by atoms with Gasteiger partial charge in [0.2, 0.25) is 0 Å². The Morgan fingerprint density at radius 3 is 2.44 bits per heavy atom. The topological polar surface area (TPSA) is 37.8 Å². The third kappa shape index (κ3) is 1.69. The highest BCUT2D eigenvalue weighted by molar-refractivity contribution is 5.62. The quantitative estimate of drug-likeness (QED) is 0.821. The molecule has 0 radical (unpaired) electrons. The van der Waals surface area contributed by atoms with E-state index in [1.807, 2.05) is 19.1 Å². The standard InChI is InChI=1S/C13H16N2O/c1-4-11-12(14-15(3)13(11)16)10-7-5-9(2)6-8-10/h5-8,14H,4H2,1-3H3. The summed E-state index contributed by atoms with van der Waals surface area (Å²) < 4.78 is 1.54. The van der Waals surface area contributed by atoms with Gasteiger partial charge in [-0.25, -0.2) is 0 Å². The monoisotopic (exact) mass is 216 g/mol. The highest BCUT2D eigenvalue weighted by Crippen LogP contribution is 2.20. The minimum atomic E-state index is 0.0677. The first-order valence-electron chi connectivity index (χ1n) is 5.48. The molecule has 0 saturated heterocycles. The summed E-state index contributed by atoms with van der Waals surface area (Å²) in [7, 11) is 1.75. The van der Waals surface area contributed by atoms with E-state index in [9.17, 15) is 4.79 Å². The second kappa shape index (κ2) is 4.00. The number of nitrogens with zero attached hydrogens (tertiary/aromatic N) is 1. The van der Waals surface area contributed by atoms with Gasteiger partial charge in [-0.05, 0) is 18.9 Å². The molecule has 2 aromatic rings. The van der Waals surface area contributed by atoms with Crippen molar-refractivity contribution >= 4 is 0 Å². The van der Waals surface area contributed by atoms with E-state index in [1.54, 1.807) is 7.05 Å². The molecule has 16 heavy (non-hydrogen) atoms. The van der Waals surface area contributed by atoms with Crippen molar-refractivity contribution in [2.24, 2.45) is 7.05 Å². The maximum atomic E-state index is 11.8. The number of benzene rings is 1. The largest absolute Gasteiger partial charge is 0.295 e. The highest BCUT2D eigenvalue weighted by Gasteiger charge is 2.11. The lowest BCUT2D eigenvalue weighted by Gasteiger charge is -2.01. The van der Waals surface area contributed by atoms with Crippen LogP contribution in [0.2, 0.25) is 0 Å². The maximum absolute atomic E-state index is 11.8. The lowest BCUT2D eigenvalue weighted by molar-refractivity contribution is 0.740. The van der Waals surface area contributed by atoms with Gasteiger partial charge in [0.15, 0.2) is 0 Å². The zero-order chi connectivity index (χ0) is 11.7. The fourth-order valence-electron chi connectivity index (χ4n) is 1.88. The van der Waals surface area contributed by atoms with Crippen LogP contribution in [0.4, 0.5) is 0 Å². The van der Waals surface area contributed by atoms with Gasteiger partial charge in [-0.1, -0.05) is 36.8 Å². The molecule has 0 aliphatic rings. The number of H-pyrrole nitrogens is 1. The van der Waals surface area contributed by atoms with E-state index in [2.05, 4.69) is 24.2 Å². The summed E-state index contributed by atoms with van der Waals surface area (Å²) in [5, 5.41) is 3.10. The average Bonchev–Trinajstić information content (AvgIpc) is 2.56. The number of hydrogen-bond acceptors (Lipinski definition) is 1. The predicted molar refractivity (Wildman–Crippen MR) is 65.6 cm³/mol. The lowest BCUT2D eigenvalue weighted by Crippen LogP contribution is -2.14. The first-order chi connectivity index (χ1) is 7.63. The molecule has 1 aromatic heterocycles. The van der Waals surface area contributed by atoms with E-state index >= 15 is 0 Å². The summed E-state index contributed by atoms with van der Waals surface area (Å²) in [6.45, 7) is 4.06. The van der Waals surface area contributed by atoms with E-state index in [1.165, 1.54) is 10.2 Å². The second-order valence-electron chi connectivity index (χ2n) is 4.05. The van der Waals surface area contributed by atoms with Gasteiger partial charge in [-0.15, -0.1) is 0 Å². The Morgan fingerprint density at radius 1 is 1.25 bits per heavy atom. The number of nitrogens with one attached hydrogen (secondary N) is 1. The number of aromatic amines is 1. The van der Waals surface area contributed by atoms with Gasteiger partial charge in [0.25, 0.3) is 5.56 Å². The van der Waals surface area contributed by atoms with Crippen molar-refractivity contribution in [2.75, 3.05) is 0 Å². The summed E-state index contributed by atoms with van der Waals surface area (Å²) in [4.78, 5) is 11.8. The normalized spacial score (nSPS) is 10.7. The van der Waals surface area contributed by atoms with Gasteiger partial charge >= 0.3 is 0 Å². The van der Waals surface area contributed by atoms with Crippen LogP contribution in [0.15, 0.2) is 29.1 Å². The first kappa shape index (κ1) is 10.7. The van der Waals surface area contributed by atoms with Crippen LogP contribution < -0.4 is 5.56 Å². The maximum Gasteiger partial charge on any atom is 0.270 e. The molecule has 0 unspecified atom stereocenters. The smallest absolute Gasteiger partial charge is 0.270 e. The molecular formula is C13H16N2O. The van der Waals surface area contributed by atoms with Gasteiger partial charge in [-0.3, -0.25) is 14.6 Å². The van der Waals surface area contributed by atoms with Crippen LogP contribution in [-0.4, -0.2) is 9.78 Å². The Balaban J connectivity index is 2.60. The molecule has 84 valence electrons. The molecule has 1 N–H and O–H groups in total. The zero-order valence-corrected chi connectivity index (χ0v) is 9.87. The Labute approximate surface area is 94.7 Å². The first-order valence-corrected chi connectivity index (χ1v) is 5.48. The molecule has 0 saturated carbocycles. The van der Waals surface area contributed by atoms with E-state index < -0.39 is 0 Å². The van der Waals surface area contributed by atoms with Gasteiger partial charge in [0, 0.05) is 12.6 Å². The molecule has 0 bridgehead atoms. The van der Waals surface area contributed by atoms with Crippen LogP contribution in [0.25, 0.3) is 11.3 Å². The molecule has 0 aliphatic heterocycles. The Bertz CT molecular complexity index is 546. The van der Waals surface area contributed by atoms with E-state index in [-0.39, 0.29) is 5.56 Å². The molecule has 0 atom stereocenters. The van der Waals surface area contributed by atoms with Crippen LogP contribution in [-0.2, 0) is 13.5 Å². The summed E-state index contributed by atoms with van der Waals surface area (Å²) >= 11 is 0. The van der Waals surface area contributed by atoms with Crippen LogP contribution in [0.1, 0.15) is 18.1 Å². The molecule has 3 nitrogen and oxygen atoms in total. The molecular weight excluding hydrogens is 200 g/mol. The van der Waals surface area contributed by atoms with Gasteiger partial charge in [0.05, 0.1) is 5.69 Å².